The van der Waals surface area contributed by atoms with Crippen LogP contribution in [0.3, 0.4) is 0 Å². The van der Waals surface area contributed by atoms with Gasteiger partial charge in [-0.25, -0.2) is 4.79 Å². The number of nitrogens with zero attached hydrogens (tertiary/aromatic N) is 1. The summed E-state index contributed by atoms with van der Waals surface area (Å²) in [6, 6.07) is 21.8. The molecule has 1 N–H and O–H groups in total. The number of hydrogen-bond donors (Lipinski definition) is 1. The van der Waals surface area contributed by atoms with Crippen LogP contribution in [0, 0.1) is 21.6 Å². The van der Waals surface area contributed by atoms with Crippen LogP contribution in [0.1, 0.15) is 17.2 Å². The molecular formula is C28H29BrN2O5Si. The lowest BCUT2D eigenvalue weighted by Gasteiger charge is -2.35. The zero-order valence-corrected chi connectivity index (χ0v) is 23.7. The predicted molar refractivity (Wildman–Crippen MR) is 151 cm³/mol. The minimum absolute atomic E-state index is 0.0242. The summed E-state index contributed by atoms with van der Waals surface area (Å²) in [5.41, 5.74) is 2.88. The summed E-state index contributed by atoms with van der Waals surface area (Å²) in [7, 11) is -0.773. The molecule has 0 aliphatic carbocycles. The van der Waals surface area contributed by atoms with Crippen molar-refractivity contribution in [2.24, 2.45) is 0 Å². The maximum Gasteiger partial charge on any atom is 0.353 e. The van der Waals surface area contributed by atoms with Crippen LogP contribution in [0.25, 0.3) is 0 Å². The Bertz CT molecular complexity index is 1300. The van der Waals surface area contributed by atoms with E-state index in [1.807, 2.05) is 74.2 Å². The number of hydrogen-bond acceptors (Lipinski definition) is 6. The highest BCUT2D eigenvalue weighted by Crippen LogP contribution is 2.39. The summed E-state index contributed by atoms with van der Waals surface area (Å²) in [4.78, 5) is 25.2. The summed E-state index contributed by atoms with van der Waals surface area (Å²) in [6.45, 7) is 6.15. The minimum atomic E-state index is -2.03. The summed E-state index contributed by atoms with van der Waals surface area (Å²) < 4.78 is 12.6. The first kappa shape index (κ1) is 28.1. The number of para-hydroxylation sites is 2. The molecule has 0 radical (unpaired) electrons. The van der Waals surface area contributed by atoms with Gasteiger partial charge in [-0.1, -0.05) is 84.0 Å². The Morgan fingerprint density at radius 3 is 2.27 bits per heavy atom. The Kier molecular flexibility index (Phi) is 9.27. The molecular weight excluding hydrogens is 552 g/mol. The molecule has 0 amide bonds. The van der Waals surface area contributed by atoms with Crippen molar-refractivity contribution >= 4 is 41.3 Å². The van der Waals surface area contributed by atoms with E-state index in [0.717, 1.165) is 10.0 Å². The number of anilines is 1. The number of benzene rings is 3. The summed E-state index contributed by atoms with van der Waals surface area (Å²) in [5, 5.41) is 15.4. The molecule has 0 aliphatic rings. The van der Waals surface area contributed by atoms with E-state index in [-0.39, 0.29) is 17.9 Å². The number of halogens is 1. The van der Waals surface area contributed by atoms with Crippen LogP contribution < -0.4 is 5.32 Å². The van der Waals surface area contributed by atoms with Gasteiger partial charge in [0.1, 0.15) is 14.1 Å². The predicted octanol–water partition coefficient (Wildman–Crippen LogP) is 6.52. The Morgan fingerprint density at radius 1 is 1.05 bits per heavy atom. The second-order valence-electron chi connectivity index (χ2n) is 9.40. The van der Waals surface area contributed by atoms with Gasteiger partial charge < -0.3 is 14.8 Å². The van der Waals surface area contributed by atoms with Crippen LogP contribution in [-0.4, -0.2) is 31.7 Å². The number of nitrogens with one attached hydrogen (secondary N) is 1. The van der Waals surface area contributed by atoms with Crippen molar-refractivity contribution in [2.75, 3.05) is 12.4 Å². The van der Waals surface area contributed by atoms with Crippen molar-refractivity contribution < 1.29 is 19.2 Å². The van der Waals surface area contributed by atoms with Gasteiger partial charge in [-0.05, 0) is 35.9 Å². The van der Waals surface area contributed by atoms with Gasteiger partial charge in [-0.15, -0.1) is 5.54 Å². The second kappa shape index (κ2) is 12.2. The molecule has 0 aliphatic heterocycles. The van der Waals surface area contributed by atoms with E-state index >= 15 is 0 Å². The van der Waals surface area contributed by atoms with E-state index < -0.39 is 30.6 Å². The first-order chi connectivity index (χ1) is 17.6. The number of nitro groups is 1. The standard InChI is InChI=1S/C28H29BrN2O5Si/c1-35-27(32)28(18-19-37(2,3)4,36-20-21-14-16-22(29)17-15-21)26(30-23-10-6-5-7-11-23)24-12-8-9-13-25(24)31(33)34/h5-17,26,30H,20H2,1-4H3/t26-,28-/m0/s1. The van der Waals surface area contributed by atoms with Gasteiger partial charge >= 0.3 is 5.97 Å². The monoisotopic (exact) mass is 580 g/mol. The van der Waals surface area contributed by atoms with E-state index in [4.69, 9.17) is 9.47 Å². The highest BCUT2D eigenvalue weighted by atomic mass is 79.9. The first-order valence-corrected chi connectivity index (χ1v) is 15.9. The van der Waals surface area contributed by atoms with E-state index in [0.29, 0.717) is 5.69 Å². The smallest absolute Gasteiger partial charge is 0.353 e. The molecule has 9 heteroatoms. The molecule has 37 heavy (non-hydrogen) atoms. The molecule has 7 nitrogen and oxygen atoms in total. The van der Waals surface area contributed by atoms with E-state index in [9.17, 15) is 14.9 Å². The van der Waals surface area contributed by atoms with E-state index in [2.05, 4.69) is 32.7 Å². The molecule has 0 bridgehead atoms. The molecule has 192 valence electrons. The van der Waals surface area contributed by atoms with Gasteiger partial charge in [-0.3, -0.25) is 10.1 Å². The van der Waals surface area contributed by atoms with Crippen LogP contribution in [0.2, 0.25) is 19.6 Å². The number of nitro benzene ring substituents is 1. The van der Waals surface area contributed by atoms with Crippen LogP contribution in [-0.2, 0) is 20.9 Å². The summed E-state index contributed by atoms with van der Waals surface area (Å²) >= 11 is 3.42. The number of carbonyl (C=O) groups is 1. The molecule has 3 rings (SSSR count). The third-order valence-electron chi connectivity index (χ3n) is 5.43. The van der Waals surface area contributed by atoms with Crippen molar-refractivity contribution in [3.63, 3.8) is 0 Å². The fourth-order valence-electron chi connectivity index (χ4n) is 3.63. The molecule has 0 spiro atoms. The van der Waals surface area contributed by atoms with Gasteiger partial charge in [-0.2, -0.15) is 0 Å². The average Bonchev–Trinajstić information content (AvgIpc) is 2.88. The molecule has 0 heterocycles. The SMILES string of the molecule is COC(=O)[C@@](C#C[Si](C)(C)C)(OCc1ccc(Br)cc1)[C@@H](Nc1ccccc1)c1ccccc1[N+](=O)[O-]. The van der Waals surface area contributed by atoms with Crippen molar-refractivity contribution in [3.8, 4) is 11.5 Å². The van der Waals surface area contributed by atoms with Crippen LogP contribution in [0.15, 0.2) is 83.3 Å². The zero-order chi connectivity index (χ0) is 27.1. The Labute approximate surface area is 226 Å². The first-order valence-electron chi connectivity index (χ1n) is 11.6. The molecule has 0 saturated heterocycles. The number of carbonyl (C=O) groups excluding carboxylic acids is 1. The Morgan fingerprint density at radius 2 is 1.68 bits per heavy atom. The average molecular weight is 582 g/mol. The highest BCUT2D eigenvalue weighted by molar-refractivity contribution is 9.10. The number of ether oxygens (including phenoxy) is 2. The van der Waals surface area contributed by atoms with Crippen molar-refractivity contribution in [1.29, 1.82) is 0 Å². The van der Waals surface area contributed by atoms with Gasteiger partial charge in [0.15, 0.2) is 0 Å². The topological polar surface area (TPSA) is 90.7 Å². The van der Waals surface area contributed by atoms with Gasteiger partial charge in [0.25, 0.3) is 11.3 Å². The second-order valence-corrected chi connectivity index (χ2v) is 15.1. The molecule has 0 saturated carbocycles. The van der Waals surface area contributed by atoms with Crippen molar-refractivity contribution in [3.05, 3.63) is 105 Å². The maximum atomic E-state index is 13.7. The molecule has 0 unspecified atom stereocenters. The van der Waals surface area contributed by atoms with Crippen LogP contribution in [0.4, 0.5) is 11.4 Å². The largest absolute Gasteiger partial charge is 0.466 e. The van der Waals surface area contributed by atoms with Crippen molar-refractivity contribution in [2.45, 2.75) is 37.9 Å². The number of esters is 1. The maximum absolute atomic E-state index is 13.7. The quantitative estimate of drug-likeness (QED) is 0.102. The highest BCUT2D eigenvalue weighted by Gasteiger charge is 2.50. The summed E-state index contributed by atoms with van der Waals surface area (Å²) in [6.07, 6.45) is 0. The Balaban J connectivity index is 2.28. The molecule has 2 atom stereocenters. The lowest BCUT2D eigenvalue weighted by atomic mass is 9.87. The molecule has 3 aromatic rings. The normalized spacial score (nSPS) is 13.4. The Hall–Kier alpha value is -3.45. The third-order valence-corrected chi connectivity index (χ3v) is 6.83. The molecule has 0 aromatic heterocycles. The van der Waals surface area contributed by atoms with Crippen LogP contribution >= 0.6 is 15.9 Å². The number of methoxy groups -OCH3 is 1. The zero-order valence-electron chi connectivity index (χ0n) is 21.2. The lowest BCUT2D eigenvalue weighted by molar-refractivity contribution is -0.385. The summed E-state index contributed by atoms with van der Waals surface area (Å²) in [5.74, 6) is 2.36. The molecule has 3 aromatic carbocycles. The van der Waals surface area contributed by atoms with Gasteiger partial charge in [0, 0.05) is 16.2 Å². The number of rotatable bonds is 9. The van der Waals surface area contributed by atoms with Crippen molar-refractivity contribution in [1.82, 2.24) is 0 Å². The molecule has 0 fully saturated rings. The fraction of sp³-hybridized carbons (Fsp3) is 0.250. The minimum Gasteiger partial charge on any atom is -0.466 e. The third kappa shape index (κ3) is 7.29. The van der Waals surface area contributed by atoms with Gasteiger partial charge in [0.05, 0.1) is 24.2 Å². The van der Waals surface area contributed by atoms with E-state index in [1.54, 1.807) is 18.2 Å². The van der Waals surface area contributed by atoms with Gasteiger partial charge in [0.2, 0.25) is 0 Å². The van der Waals surface area contributed by atoms with E-state index in [1.165, 1.54) is 13.2 Å². The van der Waals surface area contributed by atoms with Crippen LogP contribution in [0.5, 0.6) is 0 Å². The fourth-order valence-corrected chi connectivity index (χ4v) is 4.45. The lowest BCUT2D eigenvalue weighted by Crippen LogP contribution is -2.50.